The van der Waals surface area contributed by atoms with E-state index >= 15 is 0 Å². The number of alkyl halides is 1. The number of rotatable bonds is 14. The predicted molar refractivity (Wildman–Crippen MR) is 128 cm³/mol. The van der Waals surface area contributed by atoms with Crippen LogP contribution in [-0.2, 0) is 16.8 Å². The van der Waals surface area contributed by atoms with Gasteiger partial charge in [-0.1, -0.05) is 59.3 Å². The molecule has 0 spiro atoms. The number of unbranched alkanes of at least 4 members (excludes halogenated alkanes) is 4. The summed E-state index contributed by atoms with van der Waals surface area (Å²) in [6, 6.07) is 3.62. The number of quaternary nitrogens is 1. The van der Waals surface area contributed by atoms with E-state index in [9.17, 15) is 12.8 Å². The van der Waals surface area contributed by atoms with Crippen molar-refractivity contribution in [3.05, 3.63) is 29.3 Å². The number of nitrogens with zero attached hydrogens (tertiary/aromatic N) is 1. The first-order valence-corrected chi connectivity index (χ1v) is 13.2. The van der Waals surface area contributed by atoms with Gasteiger partial charge in [0.25, 0.3) is 10.1 Å². The second-order valence-electron chi connectivity index (χ2n) is 8.23. The molecule has 1 N–H and O–H groups in total. The van der Waals surface area contributed by atoms with Gasteiger partial charge < -0.3 is 4.48 Å². The minimum absolute atomic E-state index is 0.136. The van der Waals surface area contributed by atoms with Crippen LogP contribution >= 0.6 is 0 Å². The van der Waals surface area contributed by atoms with Gasteiger partial charge in [-0.3, -0.25) is 4.55 Å². The zero-order valence-electron chi connectivity index (χ0n) is 20.0. The molecule has 0 saturated heterocycles. The average molecular weight is 457 g/mol. The Morgan fingerprint density at radius 3 is 1.61 bits per heavy atom. The molecule has 31 heavy (non-hydrogen) atoms. The second kappa shape index (κ2) is 16.2. The lowest BCUT2D eigenvalue weighted by atomic mass is 10.1. The Hall–Kier alpha value is -1.42. The SMILES string of the molecule is C#Cc1ccc(S(=O)(=O)O)c(CF)c1.CCCC[N+](CCCC)(CCCC)CCCC. The molecule has 0 aliphatic carbocycles. The Kier molecular flexibility index (Phi) is 15.5. The third-order valence-corrected chi connectivity index (χ3v) is 6.55. The van der Waals surface area contributed by atoms with Crippen LogP contribution in [0.2, 0.25) is 0 Å². The van der Waals surface area contributed by atoms with Crippen molar-refractivity contribution in [2.45, 2.75) is 90.6 Å². The molecule has 0 aromatic heterocycles. The zero-order chi connectivity index (χ0) is 23.8. The van der Waals surface area contributed by atoms with Crippen molar-refractivity contribution in [3.8, 4) is 12.3 Å². The Balaban J connectivity index is 0.000000590. The third-order valence-electron chi connectivity index (χ3n) is 5.59. The summed E-state index contributed by atoms with van der Waals surface area (Å²) in [4.78, 5) is -0.445. The summed E-state index contributed by atoms with van der Waals surface area (Å²) in [5, 5.41) is 0. The van der Waals surface area contributed by atoms with E-state index in [-0.39, 0.29) is 5.56 Å². The van der Waals surface area contributed by atoms with E-state index in [4.69, 9.17) is 11.0 Å². The molecular weight excluding hydrogens is 413 g/mol. The van der Waals surface area contributed by atoms with E-state index in [0.29, 0.717) is 5.56 Å². The average Bonchev–Trinajstić information content (AvgIpc) is 2.77. The lowest BCUT2D eigenvalue weighted by Crippen LogP contribution is -2.50. The minimum atomic E-state index is -4.38. The quantitative estimate of drug-likeness (QED) is 0.200. The lowest BCUT2D eigenvalue weighted by Gasteiger charge is -2.39. The van der Waals surface area contributed by atoms with Gasteiger partial charge >= 0.3 is 0 Å². The summed E-state index contributed by atoms with van der Waals surface area (Å²) in [5.74, 6) is 2.24. The summed E-state index contributed by atoms with van der Waals surface area (Å²) in [6.45, 7) is 14.0. The monoisotopic (exact) mass is 456 g/mol. The summed E-state index contributed by atoms with van der Waals surface area (Å²) in [5.41, 5.74) is 0.230. The number of terminal acetylenes is 1. The van der Waals surface area contributed by atoms with Gasteiger partial charge in [0.15, 0.2) is 0 Å². The molecule has 0 aliphatic heterocycles. The van der Waals surface area contributed by atoms with Crippen molar-refractivity contribution in [3.63, 3.8) is 0 Å². The molecule has 0 heterocycles. The number of halogens is 1. The highest BCUT2D eigenvalue weighted by Gasteiger charge is 2.24. The van der Waals surface area contributed by atoms with Crippen LogP contribution < -0.4 is 0 Å². The van der Waals surface area contributed by atoms with Gasteiger partial charge in [-0.05, 0) is 43.9 Å². The number of hydrogen-bond acceptors (Lipinski definition) is 2. The highest BCUT2D eigenvalue weighted by Crippen LogP contribution is 2.18. The van der Waals surface area contributed by atoms with E-state index in [0.717, 1.165) is 6.07 Å². The fourth-order valence-corrected chi connectivity index (χ4v) is 4.36. The summed E-state index contributed by atoms with van der Waals surface area (Å²) < 4.78 is 44.0. The van der Waals surface area contributed by atoms with E-state index in [1.165, 1.54) is 94.2 Å². The molecule has 4 nitrogen and oxygen atoms in total. The number of benzene rings is 1. The third kappa shape index (κ3) is 11.7. The molecular formula is C25H43FNO3S+. The summed E-state index contributed by atoms with van der Waals surface area (Å²) in [7, 11) is -4.38. The van der Waals surface area contributed by atoms with Crippen molar-refractivity contribution < 1.29 is 21.8 Å². The van der Waals surface area contributed by atoms with Crippen molar-refractivity contribution >= 4 is 10.1 Å². The molecule has 0 aliphatic rings. The van der Waals surface area contributed by atoms with Gasteiger partial charge in [0.05, 0.1) is 31.1 Å². The molecule has 0 unspecified atom stereocenters. The minimum Gasteiger partial charge on any atom is -0.324 e. The largest absolute Gasteiger partial charge is 0.324 e. The Bertz CT molecular complexity index is 719. The van der Waals surface area contributed by atoms with Crippen molar-refractivity contribution in [1.82, 2.24) is 0 Å². The van der Waals surface area contributed by atoms with Gasteiger partial charge in [0.2, 0.25) is 0 Å². The molecule has 0 atom stereocenters. The molecule has 0 fully saturated rings. The van der Waals surface area contributed by atoms with E-state index in [1.54, 1.807) is 0 Å². The standard InChI is InChI=1S/C16H36N.C9H7FO3S/c1-5-9-13-17(14-10-6-2,15-11-7-3)16-12-8-4;1-2-7-3-4-9(14(11,12)13)8(5-7)6-10/h5-16H2,1-4H3;1,3-5H,6H2,(H,11,12,13)/q+1;. The van der Waals surface area contributed by atoms with E-state index < -0.39 is 21.7 Å². The van der Waals surface area contributed by atoms with Crippen molar-refractivity contribution in [2.75, 3.05) is 26.2 Å². The maximum Gasteiger partial charge on any atom is 0.294 e. The predicted octanol–water partition coefficient (Wildman–Crippen LogP) is 6.39. The molecule has 0 radical (unpaired) electrons. The fraction of sp³-hybridized carbons (Fsp3) is 0.680. The molecule has 1 aromatic carbocycles. The van der Waals surface area contributed by atoms with Crippen LogP contribution in [0.4, 0.5) is 4.39 Å². The zero-order valence-corrected chi connectivity index (χ0v) is 20.8. The van der Waals surface area contributed by atoms with Crippen LogP contribution in [0.1, 0.15) is 90.2 Å². The van der Waals surface area contributed by atoms with Crippen molar-refractivity contribution in [2.24, 2.45) is 0 Å². The molecule has 0 bridgehead atoms. The van der Waals surface area contributed by atoms with Crippen LogP contribution in [0.3, 0.4) is 0 Å². The van der Waals surface area contributed by atoms with Gasteiger partial charge in [-0.25, -0.2) is 4.39 Å². The summed E-state index contributed by atoms with van der Waals surface area (Å²) >= 11 is 0. The first kappa shape index (κ1) is 29.6. The number of hydrogen-bond donors (Lipinski definition) is 1. The van der Waals surface area contributed by atoms with Crippen LogP contribution in [0.15, 0.2) is 23.1 Å². The molecule has 6 heteroatoms. The molecule has 178 valence electrons. The van der Waals surface area contributed by atoms with Gasteiger partial charge in [0.1, 0.15) is 6.67 Å². The van der Waals surface area contributed by atoms with Crippen LogP contribution in [0, 0.1) is 12.3 Å². The molecule has 1 aromatic rings. The second-order valence-corrected chi connectivity index (χ2v) is 9.62. The topological polar surface area (TPSA) is 54.4 Å². The highest BCUT2D eigenvalue weighted by molar-refractivity contribution is 7.85. The van der Waals surface area contributed by atoms with Gasteiger partial charge in [-0.15, -0.1) is 6.42 Å². The first-order valence-electron chi connectivity index (χ1n) is 11.7. The fourth-order valence-electron chi connectivity index (χ4n) is 3.67. The van der Waals surface area contributed by atoms with Crippen molar-refractivity contribution in [1.29, 1.82) is 0 Å². The molecule has 0 amide bonds. The van der Waals surface area contributed by atoms with E-state index in [1.807, 2.05) is 0 Å². The molecule has 1 rings (SSSR count). The summed E-state index contributed by atoms with van der Waals surface area (Å²) in [6.07, 6.45) is 16.1. The lowest BCUT2D eigenvalue weighted by molar-refractivity contribution is -0.929. The van der Waals surface area contributed by atoms with E-state index in [2.05, 4.69) is 33.6 Å². The normalized spacial score (nSPS) is 11.5. The first-order chi connectivity index (χ1) is 14.7. The van der Waals surface area contributed by atoms with Crippen LogP contribution in [-0.4, -0.2) is 43.6 Å². The molecule has 0 saturated carbocycles. The highest BCUT2D eigenvalue weighted by atomic mass is 32.2. The smallest absolute Gasteiger partial charge is 0.294 e. The van der Waals surface area contributed by atoms with Gasteiger partial charge in [0, 0.05) is 11.1 Å². The Labute approximate surface area is 190 Å². The maximum absolute atomic E-state index is 12.4. The Morgan fingerprint density at radius 2 is 1.32 bits per heavy atom. The maximum atomic E-state index is 12.4. The van der Waals surface area contributed by atoms with Crippen LogP contribution in [0.25, 0.3) is 0 Å². The Morgan fingerprint density at radius 1 is 0.903 bits per heavy atom. The van der Waals surface area contributed by atoms with Gasteiger partial charge in [-0.2, -0.15) is 8.42 Å². The van der Waals surface area contributed by atoms with Crippen LogP contribution in [0.5, 0.6) is 0 Å².